The number of carbonyl (C=O) groups is 2. The number of Topliss-reactive ketones (excluding diaryl/α,β-unsaturated/α-hetero) is 1. The molecule has 0 aliphatic heterocycles. The number of ketones is 1. The standard InChI is InChI=1S/C24H46O4/c1-23(2,3)16-11-9-7-8-10-14-22(26)28-20-19-27-18-12-13-21(25)15-17-24(4,5)6/h7-20H2,1-6H3. The third-order valence-corrected chi connectivity index (χ3v) is 4.70. The number of hydrogen-bond acceptors (Lipinski definition) is 4. The zero-order valence-corrected chi connectivity index (χ0v) is 19.5. The lowest BCUT2D eigenvalue weighted by Gasteiger charge is -2.17. The summed E-state index contributed by atoms with van der Waals surface area (Å²) in [6.45, 7) is 14.6. The van der Waals surface area contributed by atoms with E-state index in [1.807, 2.05) is 0 Å². The molecule has 0 unspecified atom stereocenters. The molecular weight excluding hydrogens is 352 g/mol. The number of unbranched alkanes of at least 4 members (excludes halogenated alkanes) is 4. The molecular formula is C24H46O4. The SMILES string of the molecule is CC(C)(C)CCCCCCCC(=O)OCCOCCCC(=O)CCC(C)(C)C. The number of rotatable bonds is 16. The van der Waals surface area contributed by atoms with E-state index in [1.165, 1.54) is 25.7 Å². The van der Waals surface area contributed by atoms with Gasteiger partial charge in [0, 0.05) is 25.9 Å². The topological polar surface area (TPSA) is 52.6 Å². The van der Waals surface area contributed by atoms with Gasteiger partial charge < -0.3 is 9.47 Å². The molecule has 0 aromatic carbocycles. The van der Waals surface area contributed by atoms with E-state index < -0.39 is 0 Å². The fourth-order valence-electron chi connectivity index (χ4n) is 2.85. The average Bonchev–Trinajstić information content (AvgIpc) is 2.56. The maximum absolute atomic E-state index is 11.8. The average molecular weight is 399 g/mol. The van der Waals surface area contributed by atoms with Crippen LogP contribution < -0.4 is 0 Å². The highest BCUT2D eigenvalue weighted by molar-refractivity contribution is 5.78. The zero-order valence-electron chi connectivity index (χ0n) is 19.5. The molecule has 0 fully saturated rings. The summed E-state index contributed by atoms with van der Waals surface area (Å²) in [6, 6.07) is 0. The van der Waals surface area contributed by atoms with Gasteiger partial charge in [0.15, 0.2) is 0 Å². The van der Waals surface area contributed by atoms with Crippen LogP contribution in [0.3, 0.4) is 0 Å². The van der Waals surface area contributed by atoms with Gasteiger partial charge in [-0.2, -0.15) is 0 Å². The maximum Gasteiger partial charge on any atom is 0.305 e. The Hall–Kier alpha value is -0.900. The molecule has 0 aliphatic rings. The van der Waals surface area contributed by atoms with Gasteiger partial charge in [-0.1, -0.05) is 67.2 Å². The number of esters is 1. The van der Waals surface area contributed by atoms with Crippen LogP contribution in [-0.2, 0) is 19.1 Å². The molecule has 0 aromatic rings. The van der Waals surface area contributed by atoms with E-state index in [0.29, 0.717) is 50.3 Å². The molecule has 0 saturated heterocycles. The molecule has 4 nitrogen and oxygen atoms in total. The van der Waals surface area contributed by atoms with Crippen LogP contribution in [0.5, 0.6) is 0 Å². The van der Waals surface area contributed by atoms with Crippen LogP contribution in [0.4, 0.5) is 0 Å². The lowest BCUT2D eigenvalue weighted by atomic mass is 9.89. The molecule has 0 rings (SSSR count). The van der Waals surface area contributed by atoms with Gasteiger partial charge in [-0.05, 0) is 36.5 Å². The molecule has 0 atom stereocenters. The van der Waals surface area contributed by atoms with Gasteiger partial charge in [-0.15, -0.1) is 0 Å². The van der Waals surface area contributed by atoms with Crippen molar-refractivity contribution in [3.8, 4) is 0 Å². The molecule has 0 heterocycles. The van der Waals surface area contributed by atoms with E-state index in [0.717, 1.165) is 25.7 Å². The Bertz CT molecular complexity index is 415. The van der Waals surface area contributed by atoms with Crippen LogP contribution in [0.25, 0.3) is 0 Å². The van der Waals surface area contributed by atoms with Gasteiger partial charge in [0.1, 0.15) is 12.4 Å². The molecule has 0 radical (unpaired) electrons. The molecule has 28 heavy (non-hydrogen) atoms. The second-order valence-corrected chi connectivity index (χ2v) is 10.4. The Morgan fingerprint density at radius 1 is 0.607 bits per heavy atom. The smallest absolute Gasteiger partial charge is 0.305 e. The van der Waals surface area contributed by atoms with Gasteiger partial charge in [0.2, 0.25) is 0 Å². The van der Waals surface area contributed by atoms with Crippen LogP contribution >= 0.6 is 0 Å². The van der Waals surface area contributed by atoms with E-state index in [9.17, 15) is 9.59 Å². The highest BCUT2D eigenvalue weighted by atomic mass is 16.6. The second-order valence-electron chi connectivity index (χ2n) is 10.4. The van der Waals surface area contributed by atoms with Crippen molar-refractivity contribution in [1.82, 2.24) is 0 Å². The maximum atomic E-state index is 11.8. The van der Waals surface area contributed by atoms with Gasteiger partial charge >= 0.3 is 5.97 Å². The van der Waals surface area contributed by atoms with E-state index in [2.05, 4.69) is 41.5 Å². The van der Waals surface area contributed by atoms with E-state index >= 15 is 0 Å². The zero-order chi connectivity index (χ0) is 21.5. The van der Waals surface area contributed by atoms with Crippen LogP contribution in [0.2, 0.25) is 0 Å². The summed E-state index contributed by atoms with van der Waals surface area (Å²) < 4.78 is 10.6. The molecule has 0 saturated carbocycles. The van der Waals surface area contributed by atoms with Crippen LogP contribution in [-0.4, -0.2) is 31.6 Å². The highest BCUT2D eigenvalue weighted by Gasteiger charge is 2.12. The van der Waals surface area contributed by atoms with Gasteiger partial charge in [-0.3, -0.25) is 9.59 Å². The van der Waals surface area contributed by atoms with Crippen molar-refractivity contribution in [3.63, 3.8) is 0 Å². The molecule has 0 bridgehead atoms. The Kier molecular flexibility index (Phi) is 14.5. The van der Waals surface area contributed by atoms with Gasteiger partial charge in [0.05, 0.1) is 6.61 Å². The largest absolute Gasteiger partial charge is 0.463 e. The van der Waals surface area contributed by atoms with Crippen molar-refractivity contribution in [3.05, 3.63) is 0 Å². The molecule has 0 amide bonds. The summed E-state index contributed by atoms with van der Waals surface area (Å²) in [7, 11) is 0. The molecule has 0 N–H and O–H groups in total. The van der Waals surface area contributed by atoms with Crippen molar-refractivity contribution >= 4 is 11.8 Å². The van der Waals surface area contributed by atoms with Crippen molar-refractivity contribution in [1.29, 1.82) is 0 Å². The minimum Gasteiger partial charge on any atom is -0.463 e. The first-order valence-electron chi connectivity index (χ1n) is 11.2. The first-order valence-corrected chi connectivity index (χ1v) is 11.2. The molecule has 0 spiro atoms. The Labute approximate surface area is 174 Å². The number of carbonyl (C=O) groups excluding carboxylic acids is 2. The summed E-state index contributed by atoms with van der Waals surface area (Å²) >= 11 is 0. The van der Waals surface area contributed by atoms with Crippen molar-refractivity contribution in [2.24, 2.45) is 10.8 Å². The fourth-order valence-corrected chi connectivity index (χ4v) is 2.85. The monoisotopic (exact) mass is 398 g/mol. The van der Waals surface area contributed by atoms with Crippen molar-refractivity contribution in [2.45, 2.75) is 112 Å². The summed E-state index contributed by atoms with van der Waals surface area (Å²) in [5.74, 6) is 0.180. The lowest BCUT2D eigenvalue weighted by Crippen LogP contribution is -2.12. The third-order valence-electron chi connectivity index (χ3n) is 4.70. The van der Waals surface area contributed by atoms with Crippen LogP contribution in [0, 0.1) is 10.8 Å². The molecule has 4 heteroatoms. The minimum absolute atomic E-state index is 0.129. The molecule has 0 aromatic heterocycles. The Morgan fingerprint density at radius 2 is 1.21 bits per heavy atom. The summed E-state index contributed by atoms with van der Waals surface area (Å²) in [6.07, 6.45) is 10.4. The van der Waals surface area contributed by atoms with Crippen LogP contribution in [0.1, 0.15) is 112 Å². The van der Waals surface area contributed by atoms with Crippen molar-refractivity contribution < 1.29 is 19.1 Å². The van der Waals surface area contributed by atoms with E-state index in [4.69, 9.17) is 9.47 Å². The van der Waals surface area contributed by atoms with Crippen molar-refractivity contribution in [2.75, 3.05) is 19.8 Å². The number of hydrogen-bond donors (Lipinski definition) is 0. The summed E-state index contributed by atoms with van der Waals surface area (Å²) in [5, 5.41) is 0. The first kappa shape index (κ1) is 27.1. The van der Waals surface area contributed by atoms with E-state index in [1.54, 1.807) is 0 Å². The minimum atomic E-state index is -0.129. The van der Waals surface area contributed by atoms with Gasteiger partial charge in [0.25, 0.3) is 0 Å². The third kappa shape index (κ3) is 21.4. The number of ether oxygens (including phenoxy) is 2. The van der Waals surface area contributed by atoms with E-state index in [-0.39, 0.29) is 11.4 Å². The molecule has 0 aliphatic carbocycles. The fraction of sp³-hybridized carbons (Fsp3) is 0.917. The lowest BCUT2D eigenvalue weighted by molar-refractivity contribution is -0.145. The Balaban J connectivity index is 3.38. The van der Waals surface area contributed by atoms with Gasteiger partial charge in [-0.25, -0.2) is 0 Å². The van der Waals surface area contributed by atoms with Crippen LogP contribution in [0.15, 0.2) is 0 Å². The summed E-state index contributed by atoms with van der Waals surface area (Å²) in [4.78, 5) is 23.4. The quantitative estimate of drug-likeness (QED) is 0.220. The Morgan fingerprint density at radius 3 is 1.86 bits per heavy atom. The predicted octanol–water partition coefficient (Wildman–Crippen LogP) is 6.50. The predicted molar refractivity (Wildman–Crippen MR) is 116 cm³/mol. The highest BCUT2D eigenvalue weighted by Crippen LogP contribution is 2.22. The first-order chi connectivity index (χ1) is 13.0. The normalized spacial score (nSPS) is 12.2. The second kappa shape index (κ2) is 15.0. The molecule has 166 valence electrons. The summed E-state index contributed by atoms with van der Waals surface area (Å²) in [5.41, 5.74) is 0.635.